The number of rotatable bonds is 7. The van der Waals surface area contributed by atoms with Crippen LogP contribution >= 0.6 is 11.8 Å². The lowest BCUT2D eigenvalue weighted by atomic mass is 10.1. The molecule has 2 aromatic carbocycles. The Balaban J connectivity index is 1.72. The van der Waals surface area contributed by atoms with Gasteiger partial charge in [0, 0.05) is 0 Å². The highest BCUT2D eigenvalue weighted by Gasteiger charge is 2.15. The molecule has 0 unspecified atom stereocenters. The number of ether oxygens (including phenoxy) is 1. The molecule has 0 N–H and O–H groups in total. The average molecular weight is 353 g/mol. The SMILES string of the molecule is COc1ccccc1C(=O)CSc1nnc(C)n1Cc1ccccc1. The van der Waals surface area contributed by atoms with Crippen molar-refractivity contribution in [3.63, 3.8) is 0 Å². The molecule has 0 bridgehead atoms. The number of nitrogens with zero attached hydrogens (tertiary/aromatic N) is 3. The first-order chi connectivity index (χ1) is 12.2. The molecule has 0 saturated heterocycles. The van der Waals surface area contributed by atoms with E-state index < -0.39 is 0 Å². The first-order valence-electron chi connectivity index (χ1n) is 7.92. The van der Waals surface area contributed by atoms with Gasteiger partial charge >= 0.3 is 0 Å². The molecule has 0 aliphatic heterocycles. The molecule has 5 nitrogen and oxygen atoms in total. The normalized spacial score (nSPS) is 10.6. The lowest BCUT2D eigenvalue weighted by molar-refractivity contribution is 0.101. The number of benzene rings is 2. The van der Waals surface area contributed by atoms with Gasteiger partial charge in [-0.2, -0.15) is 0 Å². The molecule has 0 radical (unpaired) electrons. The molecule has 1 aromatic heterocycles. The molecular weight excluding hydrogens is 334 g/mol. The zero-order chi connectivity index (χ0) is 17.6. The molecule has 0 aliphatic rings. The van der Waals surface area contributed by atoms with E-state index in [1.165, 1.54) is 17.3 Å². The molecule has 25 heavy (non-hydrogen) atoms. The first-order valence-corrected chi connectivity index (χ1v) is 8.90. The summed E-state index contributed by atoms with van der Waals surface area (Å²) in [6, 6.07) is 17.4. The first kappa shape index (κ1) is 17.2. The third kappa shape index (κ3) is 4.09. The van der Waals surface area contributed by atoms with E-state index in [-0.39, 0.29) is 11.5 Å². The summed E-state index contributed by atoms with van der Waals surface area (Å²) < 4.78 is 7.29. The van der Waals surface area contributed by atoms with E-state index in [0.717, 1.165) is 11.0 Å². The predicted octanol–water partition coefficient (Wildman–Crippen LogP) is 3.62. The number of hydrogen-bond acceptors (Lipinski definition) is 5. The third-order valence-corrected chi connectivity index (χ3v) is 4.79. The van der Waals surface area contributed by atoms with Crippen LogP contribution in [0.2, 0.25) is 0 Å². The number of methoxy groups -OCH3 is 1. The summed E-state index contributed by atoms with van der Waals surface area (Å²) in [6.07, 6.45) is 0. The van der Waals surface area contributed by atoms with Gasteiger partial charge in [0.2, 0.25) is 0 Å². The number of thioether (sulfide) groups is 1. The number of carbonyl (C=O) groups is 1. The van der Waals surface area contributed by atoms with Crippen LogP contribution in [0.25, 0.3) is 0 Å². The molecule has 1 heterocycles. The van der Waals surface area contributed by atoms with Gasteiger partial charge in [0.25, 0.3) is 0 Å². The molecule has 128 valence electrons. The van der Waals surface area contributed by atoms with Crippen LogP contribution in [0, 0.1) is 6.92 Å². The van der Waals surface area contributed by atoms with Gasteiger partial charge in [-0.05, 0) is 24.6 Å². The number of para-hydroxylation sites is 1. The van der Waals surface area contributed by atoms with Gasteiger partial charge in [0.1, 0.15) is 11.6 Å². The van der Waals surface area contributed by atoms with Crippen LogP contribution in [0.3, 0.4) is 0 Å². The van der Waals surface area contributed by atoms with Crippen molar-refractivity contribution in [2.45, 2.75) is 18.6 Å². The highest BCUT2D eigenvalue weighted by molar-refractivity contribution is 7.99. The van der Waals surface area contributed by atoms with E-state index in [1.807, 2.05) is 41.8 Å². The lowest BCUT2D eigenvalue weighted by Gasteiger charge is -2.09. The molecule has 0 fully saturated rings. The average Bonchev–Trinajstić information content (AvgIpc) is 3.00. The lowest BCUT2D eigenvalue weighted by Crippen LogP contribution is -2.08. The van der Waals surface area contributed by atoms with Crippen LogP contribution in [-0.2, 0) is 6.54 Å². The minimum absolute atomic E-state index is 0.00867. The van der Waals surface area contributed by atoms with Crippen LogP contribution in [-0.4, -0.2) is 33.4 Å². The van der Waals surface area contributed by atoms with Crippen LogP contribution < -0.4 is 4.74 Å². The second kappa shape index (κ2) is 7.98. The molecule has 0 spiro atoms. The van der Waals surface area contributed by atoms with E-state index in [2.05, 4.69) is 22.3 Å². The monoisotopic (exact) mass is 353 g/mol. The Labute approximate surface area is 151 Å². The molecule has 3 rings (SSSR count). The van der Waals surface area contributed by atoms with Crippen molar-refractivity contribution < 1.29 is 9.53 Å². The van der Waals surface area contributed by atoms with Gasteiger partial charge in [0.05, 0.1) is 25.0 Å². The topological polar surface area (TPSA) is 57.0 Å². The molecule has 0 atom stereocenters. The summed E-state index contributed by atoms with van der Waals surface area (Å²) in [5.41, 5.74) is 1.76. The summed E-state index contributed by atoms with van der Waals surface area (Å²) >= 11 is 1.39. The Morgan fingerprint density at radius 1 is 1.08 bits per heavy atom. The molecule has 0 aliphatic carbocycles. The smallest absolute Gasteiger partial charge is 0.191 e. The van der Waals surface area contributed by atoms with Gasteiger partial charge in [-0.1, -0.05) is 54.2 Å². The fraction of sp³-hybridized carbons (Fsp3) is 0.211. The summed E-state index contributed by atoms with van der Waals surface area (Å²) in [4.78, 5) is 12.5. The van der Waals surface area contributed by atoms with Gasteiger partial charge in [0.15, 0.2) is 10.9 Å². The van der Waals surface area contributed by atoms with Crippen molar-refractivity contribution in [2.75, 3.05) is 12.9 Å². The molecule has 3 aromatic rings. The van der Waals surface area contributed by atoms with Crippen molar-refractivity contribution in [1.82, 2.24) is 14.8 Å². The van der Waals surface area contributed by atoms with Crippen LogP contribution in [0.1, 0.15) is 21.7 Å². The maximum atomic E-state index is 12.5. The van der Waals surface area contributed by atoms with E-state index in [0.29, 0.717) is 17.9 Å². The van der Waals surface area contributed by atoms with E-state index in [1.54, 1.807) is 19.2 Å². The molecule has 0 amide bonds. The van der Waals surface area contributed by atoms with Crippen LogP contribution in [0.4, 0.5) is 0 Å². The Hall–Kier alpha value is -2.60. The quantitative estimate of drug-likeness (QED) is 0.480. The van der Waals surface area contributed by atoms with E-state index in [4.69, 9.17) is 4.74 Å². The minimum Gasteiger partial charge on any atom is -0.496 e. The van der Waals surface area contributed by atoms with Crippen molar-refractivity contribution in [3.8, 4) is 5.75 Å². The fourth-order valence-electron chi connectivity index (χ4n) is 2.50. The van der Waals surface area contributed by atoms with Crippen molar-refractivity contribution in [1.29, 1.82) is 0 Å². The van der Waals surface area contributed by atoms with Crippen molar-refractivity contribution in [2.24, 2.45) is 0 Å². The largest absolute Gasteiger partial charge is 0.496 e. The maximum Gasteiger partial charge on any atom is 0.191 e. The van der Waals surface area contributed by atoms with Gasteiger partial charge in [-0.25, -0.2) is 0 Å². The number of hydrogen-bond donors (Lipinski definition) is 0. The Morgan fingerprint density at radius 3 is 2.56 bits per heavy atom. The highest BCUT2D eigenvalue weighted by Crippen LogP contribution is 2.23. The number of aromatic nitrogens is 3. The standard InChI is InChI=1S/C19H19N3O2S/c1-14-20-21-19(22(14)12-15-8-4-3-5-9-15)25-13-17(23)16-10-6-7-11-18(16)24-2/h3-11H,12-13H2,1-2H3. The van der Waals surface area contributed by atoms with Gasteiger partial charge < -0.3 is 9.30 Å². The zero-order valence-electron chi connectivity index (χ0n) is 14.2. The third-order valence-electron chi connectivity index (χ3n) is 3.83. The zero-order valence-corrected chi connectivity index (χ0v) is 15.0. The van der Waals surface area contributed by atoms with Crippen LogP contribution in [0.15, 0.2) is 59.8 Å². The highest BCUT2D eigenvalue weighted by atomic mass is 32.2. The molecular formula is C19H19N3O2S. The number of carbonyl (C=O) groups excluding carboxylic acids is 1. The Bertz CT molecular complexity index is 862. The van der Waals surface area contributed by atoms with Gasteiger partial charge in [-0.15, -0.1) is 10.2 Å². The second-order valence-electron chi connectivity index (χ2n) is 5.51. The second-order valence-corrected chi connectivity index (χ2v) is 6.46. The Morgan fingerprint density at radius 2 is 1.80 bits per heavy atom. The number of Topliss-reactive ketones (excluding diaryl/α,β-unsaturated/α-hetero) is 1. The van der Waals surface area contributed by atoms with Crippen molar-refractivity contribution >= 4 is 17.5 Å². The summed E-state index contributed by atoms with van der Waals surface area (Å²) in [5, 5.41) is 9.11. The fourth-order valence-corrected chi connectivity index (χ4v) is 3.37. The van der Waals surface area contributed by atoms with E-state index in [9.17, 15) is 4.79 Å². The van der Waals surface area contributed by atoms with Crippen molar-refractivity contribution in [3.05, 3.63) is 71.5 Å². The van der Waals surface area contributed by atoms with Crippen LogP contribution in [0.5, 0.6) is 5.75 Å². The predicted molar refractivity (Wildman–Crippen MR) is 98.4 cm³/mol. The molecule has 6 heteroatoms. The Kier molecular flexibility index (Phi) is 5.50. The summed E-state index contributed by atoms with van der Waals surface area (Å²) in [7, 11) is 1.57. The summed E-state index contributed by atoms with van der Waals surface area (Å²) in [5.74, 6) is 1.72. The summed E-state index contributed by atoms with van der Waals surface area (Å²) in [6.45, 7) is 2.60. The maximum absolute atomic E-state index is 12.5. The molecule has 0 saturated carbocycles. The minimum atomic E-state index is 0.00867. The number of aryl methyl sites for hydroxylation is 1. The van der Waals surface area contributed by atoms with Gasteiger partial charge in [-0.3, -0.25) is 4.79 Å². The number of ketones is 1. The van der Waals surface area contributed by atoms with E-state index >= 15 is 0 Å².